The zero-order valence-electron chi connectivity index (χ0n) is 10.4. The van der Waals surface area contributed by atoms with Gasteiger partial charge in [-0.15, -0.1) is 0 Å². The third-order valence-electron chi connectivity index (χ3n) is 2.76. The predicted octanol–water partition coefficient (Wildman–Crippen LogP) is 1.29. The molecule has 1 fully saturated rings. The summed E-state index contributed by atoms with van der Waals surface area (Å²) in [5.41, 5.74) is 0. The maximum Gasteiger partial charge on any atom is 0.264 e. The largest absolute Gasteiger partial charge is 0.303 e. The highest BCUT2D eigenvalue weighted by Crippen LogP contribution is 2.19. The van der Waals surface area contributed by atoms with Crippen molar-refractivity contribution in [2.24, 2.45) is 5.92 Å². The van der Waals surface area contributed by atoms with Gasteiger partial charge < -0.3 is 4.90 Å². The highest BCUT2D eigenvalue weighted by molar-refractivity contribution is 7.85. The molecule has 0 bridgehead atoms. The van der Waals surface area contributed by atoms with Crippen molar-refractivity contribution in [2.75, 3.05) is 32.5 Å². The minimum absolute atomic E-state index is 0.349. The molecule has 1 radical (unpaired) electrons. The van der Waals surface area contributed by atoms with Crippen molar-refractivity contribution in [3.8, 4) is 0 Å². The molecule has 0 amide bonds. The summed E-state index contributed by atoms with van der Waals surface area (Å²) in [4.78, 5) is 2.41. The normalized spacial score (nSPS) is 20.5. The standard InChI is InChI=1S/C11H22NO3S/c1-10(2)8-12-6-4-11(5-7-12)9-15-16(3,13)14/h11H,4-9H2,1-3H3. The van der Waals surface area contributed by atoms with E-state index >= 15 is 0 Å². The van der Waals surface area contributed by atoms with E-state index in [-0.39, 0.29) is 0 Å². The molecule has 0 aromatic carbocycles. The third-order valence-corrected chi connectivity index (χ3v) is 3.33. The van der Waals surface area contributed by atoms with E-state index in [1.54, 1.807) is 0 Å². The van der Waals surface area contributed by atoms with Crippen LogP contribution in [-0.4, -0.2) is 45.8 Å². The molecule has 0 saturated carbocycles. The number of hydrogen-bond donors (Lipinski definition) is 0. The second-order valence-corrected chi connectivity index (χ2v) is 6.56. The van der Waals surface area contributed by atoms with Gasteiger partial charge in [-0.1, -0.05) is 13.8 Å². The summed E-state index contributed by atoms with van der Waals surface area (Å²) in [5.74, 6) is 1.81. The van der Waals surface area contributed by atoms with Crippen LogP contribution in [0.5, 0.6) is 0 Å². The van der Waals surface area contributed by atoms with Crippen LogP contribution in [0.1, 0.15) is 26.7 Å². The van der Waals surface area contributed by atoms with Crippen molar-refractivity contribution in [1.82, 2.24) is 4.90 Å². The van der Waals surface area contributed by atoms with Gasteiger partial charge in [-0.2, -0.15) is 8.42 Å². The summed E-state index contributed by atoms with van der Waals surface area (Å²) >= 11 is 0. The number of piperidine rings is 1. The van der Waals surface area contributed by atoms with Crippen LogP contribution in [0.25, 0.3) is 0 Å². The van der Waals surface area contributed by atoms with E-state index in [9.17, 15) is 8.42 Å². The fourth-order valence-electron chi connectivity index (χ4n) is 1.98. The zero-order chi connectivity index (χ0) is 12.2. The highest BCUT2D eigenvalue weighted by Gasteiger charge is 2.20. The Kier molecular flexibility index (Phi) is 5.21. The molecular weight excluding hydrogens is 226 g/mol. The molecule has 0 spiro atoms. The highest BCUT2D eigenvalue weighted by atomic mass is 32.2. The van der Waals surface area contributed by atoms with Gasteiger partial charge in [0.25, 0.3) is 10.1 Å². The molecule has 0 unspecified atom stereocenters. The van der Waals surface area contributed by atoms with Crippen LogP contribution in [0, 0.1) is 11.8 Å². The van der Waals surface area contributed by atoms with Crippen molar-refractivity contribution >= 4 is 10.1 Å². The average Bonchev–Trinajstić information content (AvgIpc) is 2.14. The lowest BCUT2D eigenvalue weighted by atomic mass is 9.97. The first-order valence-electron chi connectivity index (χ1n) is 5.72. The first kappa shape index (κ1) is 13.9. The summed E-state index contributed by atoms with van der Waals surface area (Å²) in [6.07, 6.45) is 3.17. The lowest BCUT2D eigenvalue weighted by Crippen LogP contribution is -2.37. The average molecular weight is 248 g/mol. The van der Waals surface area contributed by atoms with Crippen LogP contribution < -0.4 is 0 Å². The first-order chi connectivity index (χ1) is 7.37. The monoisotopic (exact) mass is 248 g/mol. The summed E-state index contributed by atoms with van der Waals surface area (Å²) in [6.45, 7) is 7.77. The van der Waals surface area contributed by atoms with Gasteiger partial charge in [0, 0.05) is 6.54 Å². The SMILES string of the molecule is C[C](C)CN1CCC(COS(C)(=O)=O)CC1. The number of nitrogens with zero attached hydrogens (tertiary/aromatic N) is 1. The van der Waals surface area contributed by atoms with E-state index in [4.69, 9.17) is 4.18 Å². The summed E-state index contributed by atoms with van der Waals surface area (Å²) in [7, 11) is -3.27. The molecule has 1 aliphatic rings. The Morgan fingerprint density at radius 3 is 2.31 bits per heavy atom. The molecular formula is C11H22NO3S. The molecule has 0 aromatic heterocycles. The Bertz CT molecular complexity index is 292. The maximum absolute atomic E-state index is 10.8. The zero-order valence-corrected chi connectivity index (χ0v) is 11.2. The molecule has 5 heteroatoms. The lowest BCUT2D eigenvalue weighted by molar-refractivity contribution is 0.148. The van der Waals surface area contributed by atoms with E-state index in [0.29, 0.717) is 12.5 Å². The Labute approximate surface area is 99.1 Å². The maximum atomic E-state index is 10.8. The van der Waals surface area contributed by atoms with Crippen molar-refractivity contribution in [1.29, 1.82) is 0 Å². The number of rotatable bonds is 5. The molecule has 4 nitrogen and oxygen atoms in total. The summed E-state index contributed by atoms with van der Waals surface area (Å²) in [6, 6.07) is 0. The summed E-state index contributed by atoms with van der Waals surface area (Å²) < 4.78 is 26.5. The third kappa shape index (κ3) is 5.82. The molecule has 0 aliphatic carbocycles. The van der Waals surface area contributed by atoms with Crippen LogP contribution in [0.3, 0.4) is 0 Å². The van der Waals surface area contributed by atoms with E-state index in [1.807, 2.05) is 0 Å². The summed E-state index contributed by atoms with van der Waals surface area (Å²) in [5, 5.41) is 0. The van der Waals surface area contributed by atoms with Crippen molar-refractivity contribution < 1.29 is 12.6 Å². The topological polar surface area (TPSA) is 46.6 Å². The molecule has 1 aliphatic heterocycles. The van der Waals surface area contributed by atoms with E-state index in [1.165, 1.54) is 5.92 Å². The van der Waals surface area contributed by atoms with Gasteiger partial charge in [0.05, 0.1) is 12.9 Å². The van der Waals surface area contributed by atoms with Gasteiger partial charge in [-0.25, -0.2) is 0 Å². The van der Waals surface area contributed by atoms with Crippen LogP contribution in [0.2, 0.25) is 0 Å². The lowest BCUT2D eigenvalue weighted by Gasteiger charge is -2.32. The number of hydrogen-bond acceptors (Lipinski definition) is 4. The van der Waals surface area contributed by atoms with E-state index in [2.05, 4.69) is 18.7 Å². The van der Waals surface area contributed by atoms with Crippen molar-refractivity contribution in [3.05, 3.63) is 5.92 Å². The van der Waals surface area contributed by atoms with Gasteiger partial charge >= 0.3 is 0 Å². The molecule has 0 atom stereocenters. The van der Waals surface area contributed by atoms with E-state index < -0.39 is 10.1 Å². The second-order valence-electron chi connectivity index (χ2n) is 4.92. The van der Waals surface area contributed by atoms with Gasteiger partial charge in [-0.3, -0.25) is 4.18 Å². The fourth-order valence-corrected chi connectivity index (χ4v) is 2.42. The predicted molar refractivity (Wildman–Crippen MR) is 64.6 cm³/mol. The van der Waals surface area contributed by atoms with Gasteiger partial charge in [0.2, 0.25) is 0 Å². The van der Waals surface area contributed by atoms with Gasteiger partial charge in [0.1, 0.15) is 0 Å². The second kappa shape index (κ2) is 5.98. The molecule has 1 saturated heterocycles. The fraction of sp³-hybridized carbons (Fsp3) is 0.909. The van der Waals surface area contributed by atoms with Crippen LogP contribution in [-0.2, 0) is 14.3 Å². The molecule has 16 heavy (non-hydrogen) atoms. The van der Waals surface area contributed by atoms with Gasteiger partial charge in [-0.05, 0) is 37.8 Å². The Balaban J connectivity index is 2.22. The first-order valence-corrected chi connectivity index (χ1v) is 7.54. The van der Waals surface area contributed by atoms with Crippen LogP contribution in [0.15, 0.2) is 0 Å². The molecule has 95 valence electrons. The number of likely N-dealkylation sites (tertiary alicyclic amines) is 1. The Morgan fingerprint density at radius 1 is 1.31 bits per heavy atom. The smallest absolute Gasteiger partial charge is 0.264 e. The molecule has 1 heterocycles. The molecule has 0 N–H and O–H groups in total. The Hall–Kier alpha value is -0.130. The molecule has 0 aromatic rings. The minimum atomic E-state index is -3.27. The van der Waals surface area contributed by atoms with Crippen LogP contribution in [0.4, 0.5) is 0 Å². The molecule has 1 rings (SSSR count). The van der Waals surface area contributed by atoms with E-state index in [0.717, 1.165) is 38.7 Å². The van der Waals surface area contributed by atoms with Crippen LogP contribution >= 0.6 is 0 Å². The van der Waals surface area contributed by atoms with Crippen molar-refractivity contribution in [3.63, 3.8) is 0 Å². The quantitative estimate of drug-likeness (QED) is 0.688. The minimum Gasteiger partial charge on any atom is -0.303 e. The Morgan fingerprint density at radius 2 is 1.88 bits per heavy atom. The van der Waals surface area contributed by atoms with Gasteiger partial charge in [0.15, 0.2) is 0 Å². The van der Waals surface area contributed by atoms with Crippen molar-refractivity contribution in [2.45, 2.75) is 26.7 Å².